The van der Waals surface area contributed by atoms with Crippen LogP contribution in [0.15, 0.2) is 24.3 Å². The first-order chi connectivity index (χ1) is 8.16. The largest absolute Gasteiger partial charge is 0.544 e. The van der Waals surface area contributed by atoms with Gasteiger partial charge in [-0.05, 0) is 17.7 Å². The Morgan fingerprint density at radius 2 is 2.18 bits per heavy atom. The minimum Gasteiger partial charge on any atom is -0.544 e. The first kappa shape index (κ1) is 11.6. The van der Waals surface area contributed by atoms with Gasteiger partial charge in [-0.2, -0.15) is 5.26 Å². The summed E-state index contributed by atoms with van der Waals surface area (Å²) >= 11 is 0. The maximum absolute atomic E-state index is 11.3. The molecule has 4 heteroatoms. The number of quaternary nitrogens is 1. The van der Waals surface area contributed by atoms with Crippen LogP contribution >= 0.6 is 0 Å². The van der Waals surface area contributed by atoms with E-state index in [1.807, 2.05) is 23.5 Å². The van der Waals surface area contributed by atoms with Gasteiger partial charge in [0.05, 0.1) is 18.2 Å². The summed E-state index contributed by atoms with van der Waals surface area (Å²) in [6.07, 6.45) is 2.01. The van der Waals surface area contributed by atoms with Crippen molar-refractivity contribution in [2.45, 2.75) is 24.8 Å². The predicted molar refractivity (Wildman–Crippen MR) is 58.6 cm³/mol. The number of hydrogen-bond donors (Lipinski definition) is 1. The molecular weight excluding hydrogens is 216 g/mol. The maximum atomic E-state index is 11.3. The average Bonchev–Trinajstić information content (AvgIpc) is 2.80. The van der Waals surface area contributed by atoms with Crippen LogP contribution in [-0.4, -0.2) is 18.1 Å². The zero-order chi connectivity index (χ0) is 12.3. The molecule has 0 bridgehead atoms. The molecule has 0 saturated carbocycles. The van der Waals surface area contributed by atoms with Gasteiger partial charge in [-0.25, -0.2) is 0 Å². The molecular formula is C13H14N2O2. The molecule has 0 aromatic heterocycles. The summed E-state index contributed by atoms with van der Waals surface area (Å²) in [6.45, 7) is 0.838. The van der Waals surface area contributed by atoms with E-state index in [4.69, 9.17) is 5.26 Å². The topological polar surface area (TPSA) is 80.5 Å². The molecule has 0 radical (unpaired) electrons. The van der Waals surface area contributed by atoms with E-state index in [2.05, 4.69) is 0 Å². The van der Waals surface area contributed by atoms with Crippen LogP contribution in [0.5, 0.6) is 0 Å². The lowest BCUT2D eigenvalue weighted by molar-refractivity contribution is -0.700. The highest BCUT2D eigenvalue weighted by Crippen LogP contribution is 2.18. The van der Waals surface area contributed by atoms with Gasteiger partial charge in [-0.15, -0.1) is 0 Å². The molecule has 4 nitrogen and oxygen atoms in total. The summed E-state index contributed by atoms with van der Waals surface area (Å²) in [4.78, 5) is 11.3. The number of rotatable bonds is 3. The number of carboxylic acid groups (broad SMARTS) is 1. The zero-order valence-corrected chi connectivity index (χ0v) is 9.48. The number of nitriles is 1. The van der Waals surface area contributed by atoms with Crippen LogP contribution in [0.4, 0.5) is 0 Å². The molecule has 0 unspecified atom stereocenters. The number of nitrogens with two attached hydrogens (primary N) is 1. The molecule has 1 aliphatic heterocycles. The SMILES string of the molecule is N#Cc1ccc(C[C@@]2(C(=O)[O-])CCC[NH2+]2)cc1. The number of carboxylic acids is 1. The third-order valence-electron chi connectivity index (χ3n) is 3.37. The first-order valence-corrected chi connectivity index (χ1v) is 5.71. The van der Waals surface area contributed by atoms with Gasteiger partial charge in [0.1, 0.15) is 11.5 Å². The Hall–Kier alpha value is -1.86. The van der Waals surface area contributed by atoms with Crippen molar-refractivity contribution in [2.75, 3.05) is 6.54 Å². The third-order valence-corrected chi connectivity index (χ3v) is 3.37. The van der Waals surface area contributed by atoms with Crippen LogP contribution in [-0.2, 0) is 11.2 Å². The van der Waals surface area contributed by atoms with Gasteiger partial charge in [0.2, 0.25) is 0 Å². The van der Waals surface area contributed by atoms with Crippen molar-refractivity contribution in [2.24, 2.45) is 0 Å². The zero-order valence-electron chi connectivity index (χ0n) is 9.48. The second-order valence-corrected chi connectivity index (χ2v) is 4.53. The van der Waals surface area contributed by atoms with Crippen molar-refractivity contribution in [3.05, 3.63) is 35.4 Å². The lowest BCUT2D eigenvalue weighted by Gasteiger charge is -2.27. The summed E-state index contributed by atoms with van der Waals surface area (Å²) in [6, 6.07) is 9.10. The summed E-state index contributed by atoms with van der Waals surface area (Å²) in [5.74, 6) is -0.987. The summed E-state index contributed by atoms with van der Waals surface area (Å²) in [7, 11) is 0. The number of aliphatic carboxylic acids is 1. The quantitative estimate of drug-likeness (QED) is 0.719. The maximum Gasteiger partial charge on any atom is 0.140 e. The molecule has 0 spiro atoms. The molecule has 88 valence electrons. The Balaban J connectivity index is 2.18. The predicted octanol–water partition coefficient (Wildman–Crippen LogP) is -1.05. The molecule has 1 heterocycles. The van der Waals surface area contributed by atoms with Gasteiger partial charge in [0.25, 0.3) is 0 Å². The highest BCUT2D eigenvalue weighted by Gasteiger charge is 2.39. The normalized spacial score (nSPS) is 23.2. The van der Waals surface area contributed by atoms with Gasteiger partial charge < -0.3 is 15.2 Å². The van der Waals surface area contributed by atoms with Crippen LogP contribution in [0.1, 0.15) is 24.0 Å². The minimum atomic E-state index is -0.987. The average molecular weight is 230 g/mol. The second kappa shape index (κ2) is 4.56. The van der Waals surface area contributed by atoms with Crippen molar-refractivity contribution in [1.29, 1.82) is 5.26 Å². The number of carbonyl (C=O) groups is 1. The fourth-order valence-corrected chi connectivity index (χ4v) is 2.38. The molecule has 1 aromatic carbocycles. The monoisotopic (exact) mass is 230 g/mol. The highest BCUT2D eigenvalue weighted by molar-refractivity contribution is 5.75. The lowest BCUT2D eigenvalue weighted by Crippen LogP contribution is -2.97. The van der Waals surface area contributed by atoms with Crippen molar-refractivity contribution < 1.29 is 15.2 Å². The molecule has 1 aliphatic rings. The second-order valence-electron chi connectivity index (χ2n) is 4.53. The van der Waals surface area contributed by atoms with E-state index in [1.165, 1.54) is 0 Å². The number of benzene rings is 1. The van der Waals surface area contributed by atoms with Crippen molar-refractivity contribution in [1.82, 2.24) is 0 Å². The van der Waals surface area contributed by atoms with Gasteiger partial charge >= 0.3 is 0 Å². The van der Waals surface area contributed by atoms with Crippen molar-refractivity contribution in [3.63, 3.8) is 0 Å². The Morgan fingerprint density at radius 3 is 2.65 bits per heavy atom. The number of carbonyl (C=O) groups excluding carboxylic acids is 1. The van der Waals surface area contributed by atoms with Crippen molar-refractivity contribution in [3.8, 4) is 6.07 Å². The van der Waals surface area contributed by atoms with Gasteiger partial charge in [-0.3, -0.25) is 0 Å². The van der Waals surface area contributed by atoms with Gasteiger partial charge in [-0.1, -0.05) is 12.1 Å². The van der Waals surface area contributed by atoms with E-state index in [-0.39, 0.29) is 0 Å². The molecule has 0 aliphatic carbocycles. The first-order valence-electron chi connectivity index (χ1n) is 5.71. The van der Waals surface area contributed by atoms with Gasteiger partial charge in [0.15, 0.2) is 0 Å². The molecule has 1 fully saturated rings. The van der Waals surface area contributed by atoms with Crippen LogP contribution in [0.3, 0.4) is 0 Å². The molecule has 2 N–H and O–H groups in total. The van der Waals surface area contributed by atoms with E-state index >= 15 is 0 Å². The fraction of sp³-hybridized carbons (Fsp3) is 0.385. The molecule has 2 rings (SSSR count). The standard InChI is InChI=1S/C13H14N2O2/c14-9-11-4-2-10(3-5-11)8-13(12(16)17)6-1-7-15-13/h2-5,15H,1,6-8H2,(H,16,17)/t13-/m1/s1. The van der Waals surface area contributed by atoms with Crippen molar-refractivity contribution >= 4 is 5.97 Å². The summed E-state index contributed by atoms with van der Waals surface area (Å²) in [5.41, 5.74) is 0.715. The van der Waals surface area contributed by atoms with E-state index in [9.17, 15) is 9.90 Å². The van der Waals surface area contributed by atoms with E-state index in [1.54, 1.807) is 12.1 Å². The van der Waals surface area contributed by atoms with Crippen LogP contribution < -0.4 is 10.4 Å². The smallest absolute Gasteiger partial charge is 0.140 e. The third kappa shape index (κ3) is 2.29. The van der Waals surface area contributed by atoms with Crippen LogP contribution in [0.2, 0.25) is 0 Å². The summed E-state index contributed by atoms with van der Waals surface area (Å²) in [5, 5.41) is 21.8. The van der Waals surface area contributed by atoms with Gasteiger partial charge in [0, 0.05) is 19.3 Å². The Kier molecular flexibility index (Phi) is 3.12. The number of nitrogens with zero attached hydrogens (tertiary/aromatic N) is 1. The highest BCUT2D eigenvalue weighted by atomic mass is 16.4. The molecule has 1 saturated heterocycles. The molecule has 1 aromatic rings. The minimum absolute atomic E-state index is 0.459. The Bertz CT molecular complexity index is 453. The Morgan fingerprint density at radius 1 is 1.47 bits per heavy atom. The fourth-order valence-electron chi connectivity index (χ4n) is 2.38. The Labute approximate surface area is 99.9 Å². The lowest BCUT2D eigenvalue weighted by atomic mass is 9.89. The molecule has 0 amide bonds. The van der Waals surface area contributed by atoms with E-state index < -0.39 is 11.5 Å². The molecule has 1 atom stereocenters. The van der Waals surface area contributed by atoms with Crippen LogP contribution in [0, 0.1) is 11.3 Å². The van der Waals surface area contributed by atoms with E-state index in [0.29, 0.717) is 18.4 Å². The van der Waals surface area contributed by atoms with Crippen LogP contribution in [0.25, 0.3) is 0 Å². The van der Waals surface area contributed by atoms with E-state index in [0.717, 1.165) is 18.5 Å². The summed E-state index contributed by atoms with van der Waals surface area (Å²) < 4.78 is 0. The molecule has 17 heavy (non-hydrogen) atoms. The number of hydrogen-bond acceptors (Lipinski definition) is 3.